The van der Waals surface area contributed by atoms with Gasteiger partial charge in [-0.15, -0.1) is 11.3 Å². The number of nitrogens with zero attached hydrogens (tertiary/aromatic N) is 3. The second kappa shape index (κ2) is 13.5. The quantitative estimate of drug-likeness (QED) is 0.169. The fraction of sp³-hybridized carbons (Fsp3) is 0.343. The molecule has 1 saturated heterocycles. The zero-order valence-corrected chi connectivity index (χ0v) is 27.8. The van der Waals surface area contributed by atoms with E-state index in [1.54, 1.807) is 29.8 Å². The molecule has 1 saturated carbocycles. The molecule has 2 fully saturated rings. The van der Waals surface area contributed by atoms with Crippen LogP contribution in [-0.2, 0) is 16.4 Å². The molecule has 1 aliphatic heterocycles. The Labute approximate surface area is 277 Å². The Morgan fingerprint density at radius 1 is 1.00 bits per heavy atom. The molecule has 0 atom stereocenters. The predicted molar refractivity (Wildman–Crippen MR) is 184 cm³/mol. The number of anilines is 2. The molecule has 12 heteroatoms. The molecule has 0 bridgehead atoms. The molecule has 0 spiro atoms. The minimum absolute atomic E-state index is 0.0181. The summed E-state index contributed by atoms with van der Waals surface area (Å²) < 4.78 is 41.4. The number of pyridine rings is 1. The number of para-hydroxylation sites is 1. The summed E-state index contributed by atoms with van der Waals surface area (Å²) in [6.07, 6.45) is 6.94. The number of thiophene rings is 1. The fourth-order valence-electron chi connectivity index (χ4n) is 6.26. The lowest BCUT2D eigenvalue weighted by Gasteiger charge is -2.23. The van der Waals surface area contributed by atoms with Gasteiger partial charge in [-0.3, -0.25) is 9.36 Å². The van der Waals surface area contributed by atoms with E-state index < -0.39 is 20.6 Å². The number of sulfone groups is 1. The summed E-state index contributed by atoms with van der Waals surface area (Å²) in [6.45, 7) is 3.84. The van der Waals surface area contributed by atoms with Crippen LogP contribution in [0.3, 0.4) is 0 Å². The SMILES string of the molecule is Cc1ccccc1Oc1cc2cnc(Nc3ccc(OC4CCNCC4)cc3)nc2n(Cc2ccsc2S(=O)(=O)C2CCCC2)c1=O. The van der Waals surface area contributed by atoms with Crippen LogP contribution in [0.1, 0.15) is 49.7 Å². The van der Waals surface area contributed by atoms with E-state index in [-0.39, 0.29) is 18.4 Å². The molecular weight excluding hydrogens is 635 g/mol. The third-order valence-electron chi connectivity index (χ3n) is 8.84. The van der Waals surface area contributed by atoms with Gasteiger partial charge < -0.3 is 20.1 Å². The highest BCUT2D eigenvalue weighted by molar-refractivity contribution is 7.94. The van der Waals surface area contributed by atoms with Crippen molar-refractivity contribution in [2.75, 3.05) is 18.4 Å². The topological polar surface area (TPSA) is 124 Å². The van der Waals surface area contributed by atoms with Gasteiger partial charge in [0.15, 0.2) is 15.6 Å². The molecule has 2 N–H and O–H groups in total. The lowest BCUT2D eigenvalue weighted by atomic mass is 10.1. The summed E-state index contributed by atoms with van der Waals surface area (Å²) in [5, 5.41) is 8.56. The van der Waals surface area contributed by atoms with E-state index in [2.05, 4.69) is 15.6 Å². The number of hydrogen-bond acceptors (Lipinski definition) is 10. The van der Waals surface area contributed by atoms with E-state index >= 15 is 0 Å². The zero-order chi connectivity index (χ0) is 32.4. The predicted octanol–water partition coefficient (Wildman–Crippen LogP) is 6.59. The Morgan fingerprint density at radius 3 is 2.53 bits per heavy atom. The summed E-state index contributed by atoms with van der Waals surface area (Å²) in [4.78, 5) is 23.4. The molecule has 0 amide bonds. The summed E-state index contributed by atoms with van der Waals surface area (Å²) in [6, 6.07) is 18.5. The summed E-state index contributed by atoms with van der Waals surface area (Å²) in [5.41, 5.74) is 2.16. The number of ether oxygens (including phenoxy) is 2. The maximum absolute atomic E-state index is 14.1. The van der Waals surface area contributed by atoms with Gasteiger partial charge in [0.2, 0.25) is 5.95 Å². The Kier molecular flexibility index (Phi) is 8.98. The molecular formula is C35H37N5O5S2. The van der Waals surface area contributed by atoms with Crippen molar-refractivity contribution in [3.8, 4) is 17.2 Å². The van der Waals surface area contributed by atoms with Crippen LogP contribution >= 0.6 is 11.3 Å². The first-order valence-electron chi connectivity index (χ1n) is 16.0. The van der Waals surface area contributed by atoms with Gasteiger partial charge in [0.05, 0.1) is 11.8 Å². The van der Waals surface area contributed by atoms with Crippen LogP contribution in [0.2, 0.25) is 0 Å². The van der Waals surface area contributed by atoms with Crippen LogP contribution in [0.25, 0.3) is 11.0 Å². The van der Waals surface area contributed by atoms with Crippen molar-refractivity contribution in [3.05, 3.63) is 93.7 Å². The number of aryl methyl sites for hydroxylation is 1. The average Bonchev–Trinajstić information content (AvgIpc) is 3.80. The van der Waals surface area contributed by atoms with Gasteiger partial charge in [-0.05, 0) is 99.1 Å². The third kappa shape index (κ3) is 6.76. The maximum Gasteiger partial charge on any atom is 0.295 e. The van der Waals surface area contributed by atoms with Crippen molar-refractivity contribution >= 4 is 43.8 Å². The molecule has 5 aromatic rings. The second-order valence-electron chi connectivity index (χ2n) is 12.1. The molecule has 10 nitrogen and oxygen atoms in total. The molecule has 0 unspecified atom stereocenters. The molecule has 4 heterocycles. The lowest BCUT2D eigenvalue weighted by Crippen LogP contribution is -2.34. The summed E-state index contributed by atoms with van der Waals surface area (Å²) >= 11 is 1.21. The van der Waals surface area contributed by atoms with Crippen molar-refractivity contribution in [2.24, 2.45) is 0 Å². The van der Waals surface area contributed by atoms with Crippen molar-refractivity contribution in [1.29, 1.82) is 0 Å². The number of hydrogen-bond donors (Lipinski definition) is 2. The van der Waals surface area contributed by atoms with E-state index in [0.29, 0.717) is 45.3 Å². The number of benzene rings is 2. The first-order valence-corrected chi connectivity index (χ1v) is 18.5. The second-order valence-corrected chi connectivity index (χ2v) is 15.5. The average molecular weight is 672 g/mol. The third-order valence-corrected chi connectivity index (χ3v) is 12.7. The standard InChI is InChI=1S/C35H37N5O5S2/c1-23-6-2-5-9-30(23)45-31-20-25-21-37-35(38-26-10-12-27(13-11-26)44-28-14-17-36-18-15-28)39-32(25)40(33(31)41)22-24-16-19-46-34(24)47(42,43)29-7-3-4-8-29/h2,5-6,9-13,16,19-21,28-29,36H,3-4,7-8,14-15,17-18,22H2,1H3,(H,37,38,39). The molecule has 1 aliphatic carbocycles. The van der Waals surface area contributed by atoms with Crippen LogP contribution in [0.5, 0.6) is 17.2 Å². The molecule has 3 aromatic heterocycles. The van der Waals surface area contributed by atoms with Gasteiger partial charge in [-0.25, -0.2) is 13.4 Å². The first-order chi connectivity index (χ1) is 22.8. The highest BCUT2D eigenvalue weighted by Crippen LogP contribution is 2.35. The maximum atomic E-state index is 14.1. The molecule has 244 valence electrons. The van der Waals surface area contributed by atoms with Crippen LogP contribution < -0.4 is 25.7 Å². The first kappa shape index (κ1) is 31.3. The minimum Gasteiger partial charge on any atom is -0.490 e. The van der Waals surface area contributed by atoms with Crippen molar-refractivity contribution in [1.82, 2.24) is 19.9 Å². The van der Waals surface area contributed by atoms with Gasteiger partial charge in [0.25, 0.3) is 5.56 Å². The summed E-state index contributed by atoms with van der Waals surface area (Å²) in [7, 11) is -3.53. The van der Waals surface area contributed by atoms with Gasteiger partial charge in [-0.1, -0.05) is 31.0 Å². The van der Waals surface area contributed by atoms with E-state index in [1.165, 1.54) is 15.9 Å². The van der Waals surface area contributed by atoms with Crippen LogP contribution in [0, 0.1) is 6.92 Å². The van der Waals surface area contributed by atoms with Crippen LogP contribution in [-0.4, -0.2) is 47.4 Å². The van der Waals surface area contributed by atoms with Crippen molar-refractivity contribution in [2.45, 2.75) is 67.6 Å². The normalized spacial score (nSPS) is 16.0. The Balaban J connectivity index is 1.23. The monoisotopic (exact) mass is 671 g/mol. The Morgan fingerprint density at radius 2 is 1.77 bits per heavy atom. The van der Waals surface area contributed by atoms with Gasteiger partial charge in [0.1, 0.15) is 27.5 Å². The van der Waals surface area contributed by atoms with Gasteiger partial charge >= 0.3 is 0 Å². The van der Waals surface area contributed by atoms with Crippen molar-refractivity contribution < 1.29 is 17.9 Å². The molecule has 0 radical (unpaired) electrons. The summed E-state index contributed by atoms with van der Waals surface area (Å²) in [5.74, 6) is 1.77. The molecule has 2 aliphatic rings. The van der Waals surface area contributed by atoms with E-state index in [0.717, 1.165) is 55.8 Å². The highest BCUT2D eigenvalue weighted by Gasteiger charge is 2.33. The fourth-order valence-corrected chi connectivity index (χ4v) is 9.77. The van der Waals surface area contributed by atoms with E-state index in [4.69, 9.17) is 14.5 Å². The number of fused-ring (bicyclic) bond motifs is 1. The largest absolute Gasteiger partial charge is 0.490 e. The molecule has 2 aromatic carbocycles. The van der Waals surface area contributed by atoms with Gasteiger partial charge in [0, 0.05) is 22.8 Å². The highest BCUT2D eigenvalue weighted by atomic mass is 32.2. The Hall–Kier alpha value is -4.26. The van der Waals surface area contributed by atoms with Crippen molar-refractivity contribution in [3.63, 3.8) is 0 Å². The van der Waals surface area contributed by atoms with Crippen LogP contribution in [0.4, 0.5) is 11.6 Å². The molecule has 7 rings (SSSR count). The molecule has 47 heavy (non-hydrogen) atoms. The Bertz CT molecular complexity index is 2050. The smallest absolute Gasteiger partial charge is 0.295 e. The number of piperidine rings is 1. The van der Waals surface area contributed by atoms with E-state index in [9.17, 15) is 13.2 Å². The lowest BCUT2D eigenvalue weighted by molar-refractivity contribution is 0.162. The van der Waals surface area contributed by atoms with E-state index in [1.807, 2.05) is 49.4 Å². The number of aromatic nitrogens is 3. The van der Waals surface area contributed by atoms with Crippen LogP contribution in [0.15, 0.2) is 81.2 Å². The van der Waals surface area contributed by atoms with Gasteiger partial charge in [-0.2, -0.15) is 4.98 Å². The zero-order valence-electron chi connectivity index (χ0n) is 26.1. The number of nitrogens with one attached hydrogen (secondary N) is 2. The minimum atomic E-state index is -3.53. The number of rotatable bonds is 10.